The summed E-state index contributed by atoms with van der Waals surface area (Å²) >= 11 is 0. The molecule has 0 aromatic rings. The van der Waals surface area contributed by atoms with E-state index < -0.39 is 0 Å². The van der Waals surface area contributed by atoms with Gasteiger partial charge in [-0.1, -0.05) is 19.3 Å². The highest BCUT2D eigenvalue weighted by atomic mass is 16.5. The lowest BCUT2D eigenvalue weighted by Gasteiger charge is -2.34. The van der Waals surface area contributed by atoms with Crippen LogP contribution in [0.25, 0.3) is 0 Å². The van der Waals surface area contributed by atoms with Crippen molar-refractivity contribution >= 4 is 5.97 Å². The van der Waals surface area contributed by atoms with Crippen LogP contribution < -0.4 is 0 Å². The third-order valence-electron chi connectivity index (χ3n) is 3.43. The molecule has 0 aromatic heterocycles. The fourth-order valence-corrected chi connectivity index (χ4v) is 2.56. The van der Waals surface area contributed by atoms with E-state index in [2.05, 4.69) is 0 Å². The highest BCUT2D eigenvalue weighted by Crippen LogP contribution is 2.41. The summed E-state index contributed by atoms with van der Waals surface area (Å²) < 4.78 is 9.98. The number of carbonyl (C=O) groups excluding carboxylic acids is 1. The molecule has 1 saturated carbocycles. The smallest absolute Gasteiger partial charge is 0.311 e. The summed E-state index contributed by atoms with van der Waals surface area (Å²) in [4.78, 5) is 11.8. The Bertz CT molecular complexity index is 195. The minimum Gasteiger partial charge on any atom is -0.469 e. The quantitative estimate of drug-likeness (QED) is 0.521. The number of methoxy groups -OCH3 is 2. The van der Waals surface area contributed by atoms with E-state index in [0.717, 1.165) is 45.1 Å². The number of ether oxygens (including phenoxy) is 2. The maximum absolute atomic E-state index is 11.8. The van der Waals surface area contributed by atoms with E-state index in [-0.39, 0.29) is 11.4 Å². The van der Waals surface area contributed by atoms with Gasteiger partial charge in [-0.05, 0) is 25.7 Å². The van der Waals surface area contributed by atoms with E-state index in [9.17, 15) is 4.79 Å². The fourth-order valence-electron chi connectivity index (χ4n) is 2.56. The predicted molar refractivity (Wildman–Crippen MR) is 58.6 cm³/mol. The van der Waals surface area contributed by atoms with Gasteiger partial charge in [0.05, 0.1) is 12.5 Å². The number of hydrogen-bond acceptors (Lipinski definition) is 3. The van der Waals surface area contributed by atoms with Crippen molar-refractivity contribution in [2.45, 2.75) is 44.9 Å². The van der Waals surface area contributed by atoms with Crippen molar-refractivity contribution < 1.29 is 14.3 Å². The molecule has 0 unspecified atom stereocenters. The van der Waals surface area contributed by atoms with Gasteiger partial charge < -0.3 is 9.47 Å². The molecule has 0 heterocycles. The molecule has 1 fully saturated rings. The third-order valence-corrected chi connectivity index (χ3v) is 3.43. The predicted octanol–water partition coefficient (Wildman–Crippen LogP) is 2.54. The van der Waals surface area contributed by atoms with Crippen molar-refractivity contribution in [2.24, 2.45) is 5.41 Å². The van der Waals surface area contributed by atoms with E-state index >= 15 is 0 Å². The SMILES string of the molecule is COCCCC1(C(=O)OC)CCCCC1. The van der Waals surface area contributed by atoms with Crippen LogP contribution in [-0.2, 0) is 14.3 Å². The Morgan fingerprint density at radius 1 is 1.20 bits per heavy atom. The van der Waals surface area contributed by atoms with Crippen LogP contribution >= 0.6 is 0 Å². The Balaban J connectivity index is 2.54. The zero-order chi connectivity index (χ0) is 11.1. The van der Waals surface area contributed by atoms with Gasteiger partial charge in [-0.2, -0.15) is 0 Å². The third kappa shape index (κ3) is 3.20. The molecular formula is C12H22O3. The second-order valence-electron chi connectivity index (χ2n) is 4.43. The molecule has 3 heteroatoms. The van der Waals surface area contributed by atoms with Crippen molar-refractivity contribution in [3.8, 4) is 0 Å². The largest absolute Gasteiger partial charge is 0.469 e. The van der Waals surface area contributed by atoms with E-state index in [4.69, 9.17) is 9.47 Å². The van der Waals surface area contributed by atoms with E-state index in [0.29, 0.717) is 0 Å². The van der Waals surface area contributed by atoms with Crippen LogP contribution in [0.15, 0.2) is 0 Å². The highest BCUT2D eigenvalue weighted by molar-refractivity contribution is 5.76. The molecule has 1 rings (SSSR count). The number of carbonyl (C=O) groups is 1. The topological polar surface area (TPSA) is 35.5 Å². The van der Waals surface area contributed by atoms with Gasteiger partial charge in [0.25, 0.3) is 0 Å². The minimum atomic E-state index is -0.203. The normalized spacial score (nSPS) is 19.9. The average molecular weight is 214 g/mol. The first-order chi connectivity index (χ1) is 7.25. The number of hydrogen-bond donors (Lipinski definition) is 0. The maximum Gasteiger partial charge on any atom is 0.311 e. The molecule has 0 spiro atoms. The van der Waals surface area contributed by atoms with Crippen LogP contribution in [0.5, 0.6) is 0 Å². The summed E-state index contributed by atoms with van der Waals surface area (Å²) in [5.41, 5.74) is -0.203. The van der Waals surface area contributed by atoms with Gasteiger partial charge in [0.15, 0.2) is 0 Å². The molecular weight excluding hydrogens is 192 g/mol. The van der Waals surface area contributed by atoms with Crippen molar-refractivity contribution in [3.63, 3.8) is 0 Å². The van der Waals surface area contributed by atoms with Gasteiger partial charge in [0.1, 0.15) is 0 Å². The summed E-state index contributed by atoms with van der Waals surface area (Å²) in [5.74, 6) is -0.0155. The van der Waals surface area contributed by atoms with E-state index in [1.807, 2.05) is 0 Å². The Morgan fingerprint density at radius 3 is 2.40 bits per heavy atom. The number of rotatable bonds is 5. The van der Waals surface area contributed by atoms with E-state index in [1.165, 1.54) is 13.5 Å². The first-order valence-electron chi connectivity index (χ1n) is 5.82. The van der Waals surface area contributed by atoms with Crippen LogP contribution in [0.1, 0.15) is 44.9 Å². The van der Waals surface area contributed by atoms with Gasteiger partial charge in [0, 0.05) is 13.7 Å². The second-order valence-corrected chi connectivity index (χ2v) is 4.43. The molecule has 0 N–H and O–H groups in total. The van der Waals surface area contributed by atoms with Gasteiger partial charge in [-0.25, -0.2) is 0 Å². The molecule has 1 aliphatic rings. The van der Waals surface area contributed by atoms with Crippen LogP contribution in [0.3, 0.4) is 0 Å². The molecule has 0 bridgehead atoms. The lowest BCUT2D eigenvalue weighted by Crippen LogP contribution is -2.34. The summed E-state index contributed by atoms with van der Waals surface area (Å²) in [5, 5.41) is 0. The van der Waals surface area contributed by atoms with Gasteiger partial charge in [0.2, 0.25) is 0 Å². The fraction of sp³-hybridized carbons (Fsp3) is 0.917. The first-order valence-corrected chi connectivity index (χ1v) is 5.82. The zero-order valence-electron chi connectivity index (χ0n) is 9.88. The lowest BCUT2D eigenvalue weighted by molar-refractivity contribution is -0.155. The summed E-state index contributed by atoms with van der Waals surface area (Å²) in [6.45, 7) is 0.735. The molecule has 0 radical (unpaired) electrons. The summed E-state index contributed by atoms with van der Waals surface area (Å²) in [7, 11) is 3.20. The highest BCUT2D eigenvalue weighted by Gasteiger charge is 2.39. The molecule has 0 aliphatic heterocycles. The summed E-state index contributed by atoms with van der Waals surface area (Å²) in [6, 6.07) is 0. The van der Waals surface area contributed by atoms with E-state index in [1.54, 1.807) is 7.11 Å². The van der Waals surface area contributed by atoms with Gasteiger partial charge >= 0.3 is 5.97 Å². The van der Waals surface area contributed by atoms with Crippen molar-refractivity contribution in [3.05, 3.63) is 0 Å². The average Bonchev–Trinajstić information content (AvgIpc) is 2.29. The molecule has 0 amide bonds. The van der Waals surface area contributed by atoms with Crippen molar-refractivity contribution in [2.75, 3.05) is 20.8 Å². The first kappa shape index (κ1) is 12.5. The standard InChI is InChI=1S/C12H22O3/c1-14-10-6-9-12(11(13)15-2)7-4-3-5-8-12/h3-10H2,1-2H3. The Kier molecular flexibility index (Phi) is 5.09. The van der Waals surface area contributed by atoms with Gasteiger partial charge in [-0.3, -0.25) is 4.79 Å². The van der Waals surface area contributed by atoms with Crippen molar-refractivity contribution in [1.82, 2.24) is 0 Å². The Labute approximate surface area is 92.1 Å². The Morgan fingerprint density at radius 2 is 1.87 bits per heavy atom. The lowest BCUT2D eigenvalue weighted by atomic mass is 9.71. The summed E-state index contributed by atoms with van der Waals surface area (Å²) in [6.07, 6.45) is 7.40. The van der Waals surface area contributed by atoms with Crippen LogP contribution in [-0.4, -0.2) is 26.8 Å². The molecule has 1 aliphatic carbocycles. The second kappa shape index (κ2) is 6.11. The zero-order valence-corrected chi connectivity index (χ0v) is 9.88. The Hall–Kier alpha value is -0.570. The van der Waals surface area contributed by atoms with Crippen molar-refractivity contribution in [1.29, 1.82) is 0 Å². The monoisotopic (exact) mass is 214 g/mol. The van der Waals surface area contributed by atoms with Gasteiger partial charge in [-0.15, -0.1) is 0 Å². The van der Waals surface area contributed by atoms with Crippen LogP contribution in [0, 0.1) is 5.41 Å². The van der Waals surface area contributed by atoms with Crippen LogP contribution in [0.2, 0.25) is 0 Å². The van der Waals surface area contributed by atoms with Crippen LogP contribution in [0.4, 0.5) is 0 Å². The molecule has 15 heavy (non-hydrogen) atoms. The maximum atomic E-state index is 11.8. The molecule has 0 aromatic carbocycles. The number of esters is 1. The molecule has 0 atom stereocenters. The molecule has 0 saturated heterocycles. The molecule has 3 nitrogen and oxygen atoms in total. The molecule has 88 valence electrons. The minimum absolute atomic E-state index is 0.0155.